The molecule has 0 unspecified atom stereocenters. The normalized spacial score (nSPS) is 11.1. The Labute approximate surface area is 129 Å². The summed E-state index contributed by atoms with van der Waals surface area (Å²) in [5.74, 6) is 0.222. The van der Waals surface area contributed by atoms with E-state index in [1.807, 2.05) is 30.3 Å². The highest BCUT2D eigenvalue weighted by Crippen LogP contribution is 2.32. The number of hydrogen-bond donors (Lipinski definition) is 2. The second kappa shape index (κ2) is 6.26. The summed E-state index contributed by atoms with van der Waals surface area (Å²) < 4.78 is 0. The Morgan fingerprint density at radius 2 is 1.59 bits per heavy atom. The molecule has 0 aliphatic carbocycles. The summed E-state index contributed by atoms with van der Waals surface area (Å²) in [5, 5.41) is 23.4. The third kappa shape index (κ3) is 2.91. The largest absolute Gasteiger partial charge is 0.508 e. The zero-order chi connectivity index (χ0) is 15.4. The van der Waals surface area contributed by atoms with Gasteiger partial charge in [-0.25, -0.2) is 0 Å². The van der Waals surface area contributed by atoms with Crippen molar-refractivity contribution in [3.8, 4) is 5.75 Å². The number of aromatic hydroxyl groups is 1. The third-order valence-corrected chi connectivity index (χ3v) is 3.39. The van der Waals surface area contributed by atoms with Crippen LogP contribution in [-0.2, 0) is 0 Å². The molecule has 0 aliphatic heterocycles. The number of azo groups is 1. The molecule has 0 aromatic heterocycles. The van der Waals surface area contributed by atoms with E-state index in [1.54, 1.807) is 24.3 Å². The van der Waals surface area contributed by atoms with E-state index in [-0.39, 0.29) is 5.75 Å². The second-order valence-corrected chi connectivity index (χ2v) is 4.92. The maximum atomic E-state index is 9.29. The molecule has 3 aromatic rings. The summed E-state index contributed by atoms with van der Waals surface area (Å²) >= 11 is 0. The number of nitrogens with zero attached hydrogens (tertiary/aromatic N) is 2. The van der Waals surface area contributed by atoms with Gasteiger partial charge < -0.3 is 10.4 Å². The fourth-order valence-corrected chi connectivity index (χ4v) is 2.35. The Hall–Kier alpha value is -2.88. The van der Waals surface area contributed by atoms with Gasteiger partial charge in [-0.3, -0.25) is 0 Å². The van der Waals surface area contributed by atoms with Gasteiger partial charge in [-0.15, -0.1) is 5.11 Å². The van der Waals surface area contributed by atoms with E-state index in [9.17, 15) is 5.11 Å². The predicted octanol–water partition coefficient (Wildman–Crippen LogP) is 5.39. The van der Waals surface area contributed by atoms with Gasteiger partial charge in [0, 0.05) is 23.0 Å². The summed E-state index contributed by atoms with van der Waals surface area (Å²) in [4.78, 5) is 0. The Kier molecular flexibility index (Phi) is 4.01. The molecule has 0 atom stereocenters. The number of fused-ring (bicyclic) bond motifs is 1. The molecule has 0 amide bonds. The van der Waals surface area contributed by atoms with Crippen LogP contribution in [0.15, 0.2) is 70.9 Å². The van der Waals surface area contributed by atoms with Gasteiger partial charge in [-0.2, -0.15) is 5.11 Å². The number of anilines is 1. The summed E-state index contributed by atoms with van der Waals surface area (Å²) in [6.07, 6.45) is 0. The Morgan fingerprint density at radius 3 is 2.32 bits per heavy atom. The first kappa shape index (κ1) is 14.1. The van der Waals surface area contributed by atoms with Gasteiger partial charge in [0.1, 0.15) is 5.75 Å². The number of phenolic OH excluding ortho intramolecular Hbond substituents is 1. The molecule has 2 N–H and O–H groups in total. The number of phenols is 1. The van der Waals surface area contributed by atoms with Gasteiger partial charge in [-0.05, 0) is 43.3 Å². The topological polar surface area (TPSA) is 57.0 Å². The fourth-order valence-electron chi connectivity index (χ4n) is 2.35. The highest BCUT2D eigenvalue weighted by atomic mass is 16.3. The molecule has 0 saturated carbocycles. The lowest BCUT2D eigenvalue weighted by molar-refractivity contribution is 0.475. The second-order valence-electron chi connectivity index (χ2n) is 4.92. The summed E-state index contributed by atoms with van der Waals surface area (Å²) in [7, 11) is 0. The lowest BCUT2D eigenvalue weighted by Crippen LogP contribution is -1.96. The minimum absolute atomic E-state index is 0.222. The SMILES string of the molecule is CCNc1ccc(N=Nc2ccc(O)cc2)c2ccccc12. The zero-order valence-electron chi connectivity index (χ0n) is 12.3. The molecule has 3 rings (SSSR count). The molecule has 0 bridgehead atoms. The van der Waals surface area contributed by atoms with Crippen molar-refractivity contribution in [1.82, 2.24) is 0 Å². The monoisotopic (exact) mass is 291 g/mol. The van der Waals surface area contributed by atoms with E-state index in [4.69, 9.17) is 0 Å². The van der Waals surface area contributed by atoms with Crippen molar-refractivity contribution in [3.63, 3.8) is 0 Å². The number of nitrogens with one attached hydrogen (secondary N) is 1. The third-order valence-electron chi connectivity index (χ3n) is 3.39. The maximum Gasteiger partial charge on any atom is 0.115 e. The van der Waals surface area contributed by atoms with Gasteiger partial charge in [-0.1, -0.05) is 24.3 Å². The molecule has 4 heteroatoms. The molecule has 0 saturated heterocycles. The van der Waals surface area contributed by atoms with Crippen LogP contribution in [0.2, 0.25) is 0 Å². The number of hydrogen-bond acceptors (Lipinski definition) is 4. The number of benzene rings is 3. The van der Waals surface area contributed by atoms with Crippen LogP contribution < -0.4 is 5.32 Å². The molecule has 0 fully saturated rings. The van der Waals surface area contributed by atoms with E-state index in [1.165, 1.54) is 0 Å². The standard InChI is InChI=1S/C18H17N3O/c1-2-19-17-11-12-18(16-6-4-3-5-15(16)17)21-20-13-7-9-14(22)10-8-13/h3-12,19,22H,2H2,1H3. The van der Waals surface area contributed by atoms with Crippen molar-refractivity contribution >= 4 is 27.8 Å². The van der Waals surface area contributed by atoms with Crippen molar-refractivity contribution in [1.29, 1.82) is 0 Å². The smallest absolute Gasteiger partial charge is 0.115 e. The van der Waals surface area contributed by atoms with Crippen LogP contribution in [0, 0.1) is 0 Å². The van der Waals surface area contributed by atoms with Crippen LogP contribution in [-0.4, -0.2) is 11.7 Å². The van der Waals surface area contributed by atoms with E-state index < -0.39 is 0 Å². The molecule has 110 valence electrons. The Balaban J connectivity index is 2.00. The van der Waals surface area contributed by atoms with Crippen molar-refractivity contribution in [3.05, 3.63) is 60.7 Å². The van der Waals surface area contributed by atoms with E-state index >= 15 is 0 Å². The average Bonchev–Trinajstić information content (AvgIpc) is 2.56. The number of rotatable bonds is 4. The van der Waals surface area contributed by atoms with Gasteiger partial charge in [0.05, 0.1) is 11.4 Å². The summed E-state index contributed by atoms with van der Waals surface area (Å²) in [6.45, 7) is 2.95. The highest BCUT2D eigenvalue weighted by molar-refractivity contribution is 6.00. The average molecular weight is 291 g/mol. The molecule has 0 radical (unpaired) electrons. The van der Waals surface area contributed by atoms with Crippen LogP contribution in [0.4, 0.5) is 17.1 Å². The lowest BCUT2D eigenvalue weighted by Gasteiger charge is -2.09. The first-order valence-corrected chi connectivity index (χ1v) is 7.24. The molecule has 4 nitrogen and oxygen atoms in total. The lowest BCUT2D eigenvalue weighted by atomic mass is 10.1. The Morgan fingerprint density at radius 1 is 0.864 bits per heavy atom. The first-order valence-electron chi connectivity index (χ1n) is 7.24. The van der Waals surface area contributed by atoms with Crippen molar-refractivity contribution in [2.75, 3.05) is 11.9 Å². The predicted molar refractivity (Wildman–Crippen MR) is 90.4 cm³/mol. The quantitative estimate of drug-likeness (QED) is 0.633. The summed E-state index contributed by atoms with van der Waals surface area (Å²) in [6, 6.07) is 18.8. The minimum atomic E-state index is 0.222. The fraction of sp³-hybridized carbons (Fsp3) is 0.111. The first-order chi connectivity index (χ1) is 10.8. The highest BCUT2D eigenvalue weighted by Gasteiger charge is 2.04. The molecule has 0 spiro atoms. The van der Waals surface area contributed by atoms with Gasteiger partial charge in [0.15, 0.2) is 0 Å². The van der Waals surface area contributed by atoms with Crippen LogP contribution in [0.1, 0.15) is 6.92 Å². The maximum absolute atomic E-state index is 9.29. The van der Waals surface area contributed by atoms with Gasteiger partial charge in [0.2, 0.25) is 0 Å². The molecule has 0 aliphatic rings. The van der Waals surface area contributed by atoms with Crippen LogP contribution in [0.5, 0.6) is 5.75 Å². The van der Waals surface area contributed by atoms with Crippen LogP contribution >= 0.6 is 0 Å². The van der Waals surface area contributed by atoms with Crippen LogP contribution in [0.3, 0.4) is 0 Å². The summed E-state index contributed by atoms with van der Waals surface area (Å²) in [5.41, 5.74) is 2.63. The minimum Gasteiger partial charge on any atom is -0.508 e. The van der Waals surface area contributed by atoms with Crippen molar-refractivity contribution in [2.24, 2.45) is 10.2 Å². The zero-order valence-corrected chi connectivity index (χ0v) is 12.3. The van der Waals surface area contributed by atoms with Crippen molar-refractivity contribution in [2.45, 2.75) is 6.92 Å². The molecule has 22 heavy (non-hydrogen) atoms. The van der Waals surface area contributed by atoms with E-state index in [0.29, 0.717) is 5.69 Å². The Bertz CT molecular complexity index is 810. The molecular weight excluding hydrogens is 274 g/mol. The van der Waals surface area contributed by atoms with Crippen LogP contribution in [0.25, 0.3) is 10.8 Å². The van der Waals surface area contributed by atoms with Gasteiger partial charge in [0.25, 0.3) is 0 Å². The molecular formula is C18H17N3O. The van der Waals surface area contributed by atoms with E-state index in [0.717, 1.165) is 28.7 Å². The van der Waals surface area contributed by atoms with Crippen molar-refractivity contribution < 1.29 is 5.11 Å². The molecule has 0 heterocycles. The van der Waals surface area contributed by atoms with E-state index in [2.05, 4.69) is 28.5 Å². The van der Waals surface area contributed by atoms with Gasteiger partial charge >= 0.3 is 0 Å². The molecule has 3 aromatic carbocycles.